The third kappa shape index (κ3) is 9.79. The Balaban J connectivity index is 1.99. The fraction of sp³-hybridized carbons (Fsp3) is 0.444. The molecule has 0 aliphatic rings. The second-order valence-electron chi connectivity index (χ2n) is 5.45. The van der Waals surface area contributed by atoms with Crippen molar-refractivity contribution in [2.24, 2.45) is 0 Å². The van der Waals surface area contributed by atoms with Gasteiger partial charge in [0.1, 0.15) is 0 Å². The van der Waals surface area contributed by atoms with Crippen LogP contribution in [0.2, 0.25) is 0 Å². The molecule has 0 aromatic heterocycles. The Hall–Kier alpha value is -1.75. The molecule has 0 heterocycles. The monoisotopic (exact) mass is 335 g/mol. The lowest BCUT2D eigenvalue weighted by Crippen LogP contribution is -2.17. The van der Waals surface area contributed by atoms with Crippen molar-refractivity contribution in [1.82, 2.24) is 5.32 Å². The van der Waals surface area contributed by atoms with Crippen LogP contribution in [0.3, 0.4) is 0 Å². The average Bonchev–Trinajstić information content (AvgIpc) is 2.53. The standard InChI is InChI=1S/C18H25NO3S/c20-17(12-13-18(21)22)19-14-8-4-2-1-3-5-9-15-10-6-7-11-16(15)23/h6-8,10-11,14,23H,1-5,9,12-13H2,(H,19,20)(H,21,22). The molecule has 126 valence electrons. The van der Waals surface area contributed by atoms with Gasteiger partial charge < -0.3 is 10.4 Å². The highest BCUT2D eigenvalue weighted by Gasteiger charge is 2.02. The summed E-state index contributed by atoms with van der Waals surface area (Å²) in [7, 11) is 0. The van der Waals surface area contributed by atoms with Crippen LogP contribution in [0.4, 0.5) is 0 Å². The fourth-order valence-electron chi connectivity index (χ4n) is 2.18. The average molecular weight is 335 g/mol. The third-order valence-electron chi connectivity index (χ3n) is 3.49. The summed E-state index contributed by atoms with van der Waals surface area (Å²) in [5.74, 6) is -1.21. The van der Waals surface area contributed by atoms with E-state index in [4.69, 9.17) is 5.11 Å². The Morgan fingerprint density at radius 1 is 1.09 bits per heavy atom. The summed E-state index contributed by atoms with van der Waals surface area (Å²) in [5, 5.41) is 11.0. The number of allylic oxidation sites excluding steroid dienone is 1. The maximum atomic E-state index is 11.3. The number of carboxylic acids is 1. The minimum Gasteiger partial charge on any atom is -0.481 e. The first kappa shape index (κ1) is 19.3. The number of unbranched alkanes of at least 4 members (excludes halogenated alkanes) is 4. The summed E-state index contributed by atoms with van der Waals surface area (Å²) in [4.78, 5) is 22.6. The van der Waals surface area contributed by atoms with Crippen LogP contribution < -0.4 is 5.32 Å². The molecule has 2 N–H and O–H groups in total. The first-order chi connectivity index (χ1) is 11.1. The molecule has 1 rings (SSSR count). The minimum absolute atomic E-state index is 0.0201. The lowest BCUT2D eigenvalue weighted by molar-refractivity contribution is -0.138. The van der Waals surface area contributed by atoms with Crippen LogP contribution in [0.1, 0.15) is 50.5 Å². The Morgan fingerprint density at radius 2 is 1.83 bits per heavy atom. The topological polar surface area (TPSA) is 66.4 Å². The normalized spacial score (nSPS) is 10.8. The summed E-state index contributed by atoms with van der Waals surface area (Å²) < 4.78 is 0. The van der Waals surface area contributed by atoms with E-state index in [9.17, 15) is 9.59 Å². The zero-order chi connectivity index (χ0) is 16.9. The lowest BCUT2D eigenvalue weighted by atomic mass is 10.1. The summed E-state index contributed by atoms with van der Waals surface area (Å²) >= 11 is 4.45. The van der Waals surface area contributed by atoms with Gasteiger partial charge in [-0.2, -0.15) is 0 Å². The Labute approximate surface area is 143 Å². The number of benzene rings is 1. The Bertz CT molecular complexity index is 529. The molecular formula is C18H25NO3S. The molecule has 23 heavy (non-hydrogen) atoms. The van der Waals surface area contributed by atoms with Crippen LogP contribution in [-0.4, -0.2) is 17.0 Å². The number of carboxylic acid groups (broad SMARTS) is 1. The summed E-state index contributed by atoms with van der Waals surface area (Å²) in [6.07, 6.45) is 9.99. The minimum atomic E-state index is -0.954. The van der Waals surface area contributed by atoms with Gasteiger partial charge >= 0.3 is 5.97 Å². The number of thiol groups is 1. The van der Waals surface area contributed by atoms with Gasteiger partial charge in [-0.05, 0) is 43.5 Å². The molecule has 0 fully saturated rings. The second-order valence-corrected chi connectivity index (χ2v) is 5.93. The second kappa shape index (κ2) is 11.8. The number of aliphatic carboxylic acids is 1. The van der Waals surface area contributed by atoms with E-state index in [0.29, 0.717) is 0 Å². The number of rotatable bonds is 11. The van der Waals surface area contributed by atoms with Gasteiger partial charge in [0.05, 0.1) is 6.42 Å². The number of hydrogen-bond donors (Lipinski definition) is 3. The molecule has 0 saturated heterocycles. The SMILES string of the molecule is O=C(O)CCC(=O)NC=CCCCCCCc1ccccc1S. The van der Waals surface area contributed by atoms with E-state index in [1.54, 1.807) is 6.20 Å². The highest BCUT2D eigenvalue weighted by atomic mass is 32.1. The van der Waals surface area contributed by atoms with Gasteiger partial charge in [0, 0.05) is 11.3 Å². The van der Waals surface area contributed by atoms with E-state index in [0.717, 1.165) is 37.0 Å². The van der Waals surface area contributed by atoms with E-state index >= 15 is 0 Å². The van der Waals surface area contributed by atoms with Crippen molar-refractivity contribution in [3.05, 3.63) is 42.1 Å². The number of amides is 1. The van der Waals surface area contributed by atoms with Gasteiger partial charge in [0.2, 0.25) is 5.91 Å². The number of carbonyl (C=O) groups is 2. The number of carbonyl (C=O) groups excluding carboxylic acids is 1. The van der Waals surface area contributed by atoms with E-state index < -0.39 is 5.97 Å². The highest BCUT2D eigenvalue weighted by molar-refractivity contribution is 7.80. The molecule has 0 aliphatic carbocycles. The van der Waals surface area contributed by atoms with Crippen LogP contribution in [0, 0.1) is 0 Å². The van der Waals surface area contributed by atoms with Gasteiger partial charge in [-0.25, -0.2) is 0 Å². The largest absolute Gasteiger partial charge is 0.481 e. The first-order valence-corrected chi connectivity index (χ1v) is 8.47. The van der Waals surface area contributed by atoms with Crippen molar-refractivity contribution in [3.8, 4) is 0 Å². The highest BCUT2D eigenvalue weighted by Crippen LogP contribution is 2.16. The maximum Gasteiger partial charge on any atom is 0.303 e. The molecule has 0 atom stereocenters. The number of aryl methyl sites for hydroxylation is 1. The number of nitrogens with one attached hydrogen (secondary N) is 1. The first-order valence-electron chi connectivity index (χ1n) is 8.02. The van der Waals surface area contributed by atoms with Crippen molar-refractivity contribution in [2.45, 2.75) is 56.3 Å². The van der Waals surface area contributed by atoms with Gasteiger partial charge in [0.25, 0.3) is 0 Å². The summed E-state index contributed by atoms with van der Waals surface area (Å²) in [6, 6.07) is 8.19. The predicted molar refractivity (Wildman–Crippen MR) is 94.6 cm³/mol. The van der Waals surface area contributed by atoms with Crippen molar-refractivity contribution in [3.63, 3.8) is 0 Å². The molecule has 5 heteroatoms. The number of hydrogen-bond acceptors (Lipinski definition) is 3. The van der Waals surface area contributed by atoms with Crippen molar-refractivity contribution >= 4 is 24.5 Å². The fourth-order valence-corrected chi connectivity index (χ4v) is 2.45. The lowest BCUT2D eigenvalue weighted by Gasteiger charge is -2.04. The van der Waals surface area contributed by atoms with E-state index in [1.165, 1.54) is 12.0 Å². The molecule has 1 aromatic rings. The molecule has 0 aliphatic heterocycles. The summed E-state index contributed by atoms with van der Waals surface area (Å²) in [5.41, 5.74) is 1.31. The van der Waals surface area contributed by atoms with Gasteiger partial charge in [-0.3, -0.25) is 9.59 Å². The zero-order valence-electron chi connectivity index (χ0n) is 13.3. The Kier molecular flexibility index (Phi) is 9.87. The molecule has 1 amide bonds. The molecule has 0 spiro atoms. The van der Waals surface area contributed by atoms with Gasteiger partial charge in [0.15, 0.2) is 0 Å². The van der Waals surface area contributed by atoms with Crippen molar-refractivity contribution in [2.75, 3.05) is 0 Å². The van der Waals surface area contributed by atoms with Crippen LogP contribution in [0.5, 0.6) is 0 Å². The predicted octanol–water partition coefficient (Wildman–Crippen LogP) is 3.96. The van der Waals surface area contributed by atoms with Crippen LogP contribution in [0.15, 0.2) is 41.4 Å². The van der Waals surface area contributed by atoms with Crippen molar-refractivity contribution in [1.29, 1.82) is 0 Å². The van der Waals surface area contributed by atoms with Crippen LogP contribution >= 0.6 is 12.6 Å². The summed E-state index contributed by atoms with van der Waals surface area (Å²) in [6.45, 7) is 0. The van der Waals surface area contributed by atoms with Crippen LogP contribution in [-0.2, 0) is 16.0 Å². The molecule has 4 nitrogen and oxygen atoms in total. The molecule has 1 aromatic carbocycles. The van der Waals surface area contributed by atoms with Crippen molar-refractivity contribution < 1.29 is 14.7 Å². The Morgan fingerprint density at radius 3 is 2.57 bits per heavy atom. The van der Waals surface area contributed by atoms with Crippen LogP contribution in [0.25, 0.3) is 0 Å². The van der Waals surface area contributed by atoms with E-state index in [2.05, 4.69) is 24.0 Å². The quantitative estimate of drug-likeness (QED) is 0.423. The maximum absolute atomic E-state index is 11.3. The van der Waals surface area contributed by atoms with Gasteiger partial charge in [-0.1, -0.05) is 37.1 Å². The molecule has 0 radical (unpaired) electrons. The van der Waals surface area contributed by atoms with E-state index in [1.807, 2.05) is 24.3 Å². The van der Waals surface area contributed by atoms with Gasteiger partial charge in [-0.15, -0.1) is 12.6 Å². The molecule has 0 bridgehead atoms. The molecule has 0 unspecified atom stereocenters. The molecular weight excluding hydrogens is 310 g/mol. The smallest absolute Gasteiger partial charge is 0.303 e. The zero-order valence-corrected chi connectivity index (χ0v) is 14.2. The van der Waals surface area contributed by atoms with E-state index in [-0.39, 0.29) is 18.7 Å². The molecule has 0 saturated carbocycles. The third-order valence-corrected chi connectivity index (χ3v) is 3.92.